The monoisotopic (exact) mass is 371 g/mol. The van der Waals surface area contributed by atoms with Crippen LogP contribution in [0.1, 0.15) is 12.5 Å². The molecule has 1 aliphatic rings. The maximum absolute atomic E-state index is 14.3. The molecule has 1 amide bonds. The second kappa shape index (κ2) is 5.75. The standard InChI is InChI=1S/C14H15BrFN3O3/c1-22-13-5-11-8(4-9(13)15)6-19(17-11)12-2-3-18(14(20)21)7-10(12)16/h4-6,10,12H,2-3,7H2,1H3,(H,20,21). The van der Waals surface area contributed by atoms with Crippen molar-refractivity contribution in [3.8, 4) is 5.75 Å². The molecule has 8 heteroatoms. The smallest absolute Gasteiger partial charge is 0.407 e. The van der Waals surface area contributed by atoms with Crippen LogP contribution in [-0.2, 0) is 0 Å². The average molecular weight is 372 g/mol. The molecule has 0 bridgehead atoms. The van der Waals surface area contributed by atoms with Gasteiger partial charge in [0, 0.05) is 24.2 Å². The number of halogens is 2. The zero-order valence-corrected chi connectivity index (χ0v) is 13.5. The largest absolute Gasteiger partial charge is 0.495 e. The number of likely N-dealkylation sites (tertiary alicyclic amines) is 1. The number of nitrogens with zero attached hydrogens (tertiary/aromatic N) is 3. The highest BCUT2D eigenvalue weighted by molar-refractivity contribution is 9.10. The summed E-state index contributed by atoms with van der Waals surface area (Å²) in [7, 11) is 1.57. The van der Waals surface area contributed by atoms with Crippen LogP contribution in [0.5, 0.6) is 5.75 Å². The quantitative estimate of drug-likeness (QED) is 0.880. The number of hydrogen-bond acceptors (Lipinski definition) is 3. The maximum Gasteiger partial charge on any atom is 0.407 e. The molecule has 118 valence electrons. The number of piperidine rings is 1. The van der Waals surface area contributed by atoms with E-state index in [1.807, 2.05) is 6.07 Å². The van der Waals surface area contributed by atoms with Crippen molar-refractivity contribution in [1.29, 1.82) is 0 Å². The van der Waals surface area contributed by atoms with Gasteiger partial charge in [0.2, 0.25) is 0 Å². The number of rotatable bonds is 2. The van der Waals surface area contributed by atoms with Gasteiger partial charge in [0.25, 0.3) is 0 Å². The van der Waals surface area contributed by atoms with Crippen LogP contribution in [-0.4, -0.2) is 52.3 Å². The number of aromatic nitrogens is 2. The van der Waals surface area contributed by atoms with E-state index in [4.69, 9.17) is 9.84 Å². The molecule has 1 aromatic carbocycles. The minimum absolute atomic E-state index is 0.122. The van der Waals surface area contributed by atoms with Crippen molar-refractivity contribution in [2.75, 3.05) is 20.2 Å². The molecule has 0 aliphatic carbocycles. The molecule has 22 heavy (non-hydrogen) atoms. The van der Waals surface area contributed by atoms with Gasteiger partial charge in [-0.05, 0) is 28.4 Å². The van der Waals surface area contributed by atoms with Gasteiger partial charge in [-0.15, -0.1) is 0 Å². The lowest BCUT2D eigenvalue weighted by Crippen LogP contribution is -2.45. The molecule has 1 fully saturated rings. The van der Waals surface area contributed by atoms with E-state index < -0.39 is 18.3 Å². The Labute approximate surface area is 134 Å². The third-order valence-electron chi connectivity index (χ3n) is 3.91. The molecule has 2 atom stereocenters. The van der Waals surface area contributed by atoms with Gasteiger partial charge >= 0.3 is 6.09 Å². The van der Waals surface area contributed by atoms with Gasteiger partial charge in [-0.3, -0.25) is 4.68 Å². The number of ether oxygens (including phenoxy) is 1. The van der Waals surface area contributed by atoms with E-state index in [2.05, 4.69) is 21.0 Å². The fourth-order valence-electron chi connectivity index (χ4n) is 2.73. The van der Waals surface area contributed by atoms with Crippen molar-refractivity contribution >= 4 is 32.9 Å². The second-order valence-corrected chi connectivity index (χ2v) is 6.11. The van der Waals surface area contributed by atoms with Gasteiger partial charge in [0.05, 0.1) is 29.7 Å². The van der Waals surface area contributed by atoms with Gasteiger partial charge in [0.15, 0.2) is 0 Å². The van der Waals surface area contributed by atoms with Crippen molar-refractivity contribution in [1.82, 2.24) is 14.7 Å². The van der Waals surface area contributed by atoms with Crippen molar-refractivity contribution in [2.45, 2.75) is 18.6 Å². The lowest BCUT2D eigenvalue weighted by Gasteiger charge is -2.32. The third-order valence-corrected chi connectivity index (χ3v) is 4.53. The van der Waals surface area contributed by atoms with Crippen LogP contribution < -0.4 is 4.74 Å². The number of benzene rings is 1. The summed E-state index contributed by atoms with van der Waals surface area (Å²) < 4.78 is 21.9. The Kier molecular flexibility index (Phi) is 3.94. The van der Waals surface area contributed by atoms with E-state index in [1.54, 1.807) is 24.1 Å². The Hall–Kier alpha value is -1.83. The van der Waals surface area contributed by atoms with Crippen LogP contribution in [0.3, 0.4) is 0 Å². The Balaban J connectivity index is 1.89. The molecule has 3 rings (SSSR count). The fraction of sp³-hybridized carbons (Fsp3) is 0.429. The van der Waals surface area contributed by atoms with E-state index >= 15 is 0 Å². The summed E-state index contributed by atoms with van der Waals surface area (Å²) in [5.41, 5.74) is 0.716. The summed E-state index contributed by atoms with van der Waals surface area (Å²) in [4.78, 5) is 12.0. The summed E-state index contributed by atoms with van der Waals surface area (Å²) in [6.45, 7) is 0.187. The molecule has 2 heterocycles. The Morgan fingerprint density at radius 1 is 1.55 bits per heavy atom. The van der Waals surface area contributed by atoms with Crippen LogP contribution in [0.15, 0.2) is 22.8 Å². The van der Waals surface area contributed by atoms with Gasteiger partial charge in [0.1, 0.15) is 11.9 Å². The lowest BCUT2D eigenvalue weighted by atomic mass is 10.0. The number of carbonyl (C=O) groups is 1. The van der Waals surface area contributed by atoms with E-state index in [0.29, 0.717) is 24.2 Å². The fourth-order valence-corrected chi connectivity index (χ4v) is 3.26. The summed E-state index contributed by atoms with van der Waals surface area (Å²) >= 11 is 3.41. The van der Waals surface area contributed by atoms with Crippen LogP contribution in [0, 0.1) is 0 Å². The molecule has 1 aromatic heterocycles. The number of alkyl halides is 1. The maximum atomic E-state index is 14.3. The van der Waals surface area contributed by atoms with Gasteiger partial charge in [-0.1, -0.05) is 0 Å². The highest BCUT2D eigenvalue weighted by atomic mass is 79.9. The molecule has 6 nitrogen and oxygen atoms in total. The SMILES string of the molecule is COc1cc2nn(C3CCN(C(=O)O)CC3F)cc2cc1Br. The summed E-state index contributed by atoms with van der Waals surface area (Å²) in [6.07, 6.45) is -0.169. The molecular weight excluding hydrogens is 357 g/mol. The van der Waals surface area contributed by atoms with Crippen molar-refractivity contribution in [3.05, 3.63) is 22.8 Å². The minimum atomic E-state index is -1.27. The first-order chi connectivity index (χ1) is 10.5. The average Bonchev–Trinajstić information content (AvgIpc) is 2.88. The molecular formula is C14H15BrFN3O3. The lowest BCUT2D eigenvalue weighted by molar-refractivity contribution is 0.0757. The molecule has 0 saturated carbocycles. The Morgan fingerprint density at radius 2 is 2.32 bits per heavy atom. The van der Waals surface area contributed by atoms with Crippen molar-refractivity contribution < 1.29 is 19.0 Å². The van der Waals surface area contributed by atoms with Gasteiger partial charge in [-0.25, -0.2) is 9.18 Å². The van der Waals surface area contributed by atoms with Crippen LogP contribution in [0.4, 0.5) is 9.18 Å². The van der Waals surface area contributed by atoms with E-state index in [0.717, 1.165) is 14.8 Å². The zero-order valence-electron chi connectivity index (χ0n) is 11.9. The number of amides is 1. The highest BCUT2D eigenvalue weighted by Gasteiger charge is 2.33. The first-order valence-corrected chi connectivity index (χ1v) is 7.63. The van der Waals surface area contributed by atoms with Crippen molar-refractivity contribution in [3.63, 3.8) is 0 Å². The molecule has 0 radical (unpaired) electrons. The van der Waals surface area contributed by atoms with Gasteiger partial charge < -0.3 is 14.7 Å². The van der Waals surface area contributed by atoms with Crippen LogP contribution in [0.25, 0.3) is 10.9 Å². The summed E-state index contributed by atoms with van der Waals surface area (Å²) in [5, 5.41) is 14.2. The first-order valence-electron chi connectivity index (χ1n) is 6.84. The Bertz CT molecular complexity index is 721. The topological polar surface area (TPSA) is 67.6 Å². The van der Waals surface area contributed by atoms with E-state index in [9.17, 15) is 9.18 Å². The highest BCUT2D eigenvalue weighted by Crippen LogP contribution is 2.32. The van der Waals surface area contributed by atoms with Gasteiger partial charge in [-0.2, -0.15) is 5.10 Å². The zero-order chi connectivity index (χ0) is 15.9. The predicted octanol–water partition coefficient (Wildman–Crippen LogP) is 3.07. The van der Waals surface area contributed by atoms with E-state index in [1.165, 1.54) is 0 Å². The summed E-state index contributed by atoms with van der Waals surface area (Å²) in [6, 6.07) is 3.21. The van der Waals surface area contributed by atoms with Crippen molar-refractivity contribution in [2.24, 2.45) is 0 Å². The molecule has 2 unspecified atom stereocenters. The predicted molar refractivity (Wildman–Crippen MR) is 82.1 cm³/mol. The first kappa shape index (κ1) is 15.1. The van der Waals surface area contributed by atoms with Crippen LogP contribution >= 0.6 is 15.9 Å². The van der Waals surface area contributed by atoms with E-state index in [-0.39, 0.29) is 6.54 Å². The molecule has 1 aliphatic heterocycles. The Morgan fingerprint density at radius 3 is 2.95 bits per heavy atom. The molecule has 2 aromatic rings. The molecule has 1 N–H and O–H groups in total. The number of fused-ring (bicyclic) bond motifs is 1. The number of hydrogen-bond donors (Lipinski definition) is 1. The molecule has 0 spiro atoms. The number of carboxylic acid groups (broad SMARTS) is 1. The normalized spacial score (nSPS) is 22.0. The summed E-state index contributed by atoms with van der Waals surface area (Å²) in [5.74, 6) is 0.662. The number of methoxy groups -OCH3 is 1. The molecule has 1 saturated heterocycles. The minimum Gasteiger partial charge on any atom is -0.495 e. The second-order valence-electron chi connectivity index (χ2n) is 5.26. The third kappa shape index (κ3) is 2.63. The van der Waals surface area contributed by atoms with Crippen LogP contribution in [0.2, 0.25) is 0 Å².